The molecule has 142 valence electrons. The lowest BCUT2D eigenvalue weighted by molar-refractivity contribution is -0.139. The minimum atomic E-state index is -1.05. The van der Waals surface area contributed by atoms with Crippen molar-refractivity contribution < 1.29 is 34.5 Å². The maximum atomic E-state index is 10.6. The lowest BCUT2D eigenvalue weighted by Crippen LogP contribution is -2.43. The zero-order chi connectivity index (χ0) is 19.4. The number of carboxylic acid groups (broad SMARTS) is 3. The van der Waals surface area contributed by atoms with E-state index in [1.807, 2.05) is 29.8 Å². The second-order valence-corrected chi connectivity index (χ2v) is 5.14. The molecule has 0 aromatic carbocycles. The molecule has 11 heteroatoms. The highest BCUT2D eigenvalue weighted by Gasteiger charge is 2.17. The first-order chi connectivity index (χ1) is 11.3. The maximum Gasteiger partial charge on any atom is 0.326 e. The van der Waals surface area contributed by atoms with Crippen molar-refractivity contribution in [3.63, 3.8) is 0 Å². The molecule has 0 saturated heterocycles. The Labute approximate surface area is 154 Å². The van der Waals surface area contributed by atoms with Crippen LogP contribution in [0, 0.1) is 0 Å². The summed E-state index contributed by atoms with van der Waals surface area (Å²) >= 11 is 2.02. The van der Waals surface area contributed by atoms with Gasteiger partial charge >= 0.3 is 18.0 Å². The minimum Gasteiger partial charge on any atom is -0.483 e. The van der Waals surface area contributed by atoms with Gasteiger partial charge in [-0.1, -0.05) is 13.3 Å². The Morgan fingerprint density at radius 1 is 1.21 bits per heavy atom. The number of rotatable bonds is 10. The summed E-state index contributed by atoms with van der Waals surface area (Å²) in [6.45, 7) is 2.55. The summed E-state index contributed by atoms with van der Waals surface area (Å²) in [5.74, 6) is -1.74. The SMILES string of the molecule is CCCCC(=O)O.NC(=O)NC(CCCCNI)C(=O)O.O=CO. The van der Waals surface area contributed by atoms with Crippen molar-refractivity contribution in [1.29, 1.82) is 0 Å². The van der Waals surface area contributed by atoms with E-state index < -0.39 is 24.0 Å². The highest BCUT2D eigenvalue weighted by atomic mass is 127. The van der Waals surface area contributed by atoms with Gasteiger partial charge in [0.25, 0.3) is 6.47 Å². The number of carboxylic acids is 2. The highest BCUT2D eigenvalue weighted by Crippen LogP contribution is 2.01. The van der Waals surface area contributed by atoms with Crippen molar-refractivity contribution >= 4 is 47.3 Å². The van der Waals surface area contributed by atoms with Gasteiger partial charge in [-0.2, -0.15) is 0 Å². The van der Waals surface area contributed by atoms with Crippen LogP contribution in [-0.2, 0) is 14.4 Å². The van der Waals surface area contributed by atoms with E-state index in [1.54, 1.807) is 0 Å². The van der Waals surface area contributed by atoms with Crippen LogP contribution < -0.4 is 14.6 Å². The van der Waals surface area contributed by atoms with Crippen molar-refractivity contribution in [2.45, 2.75) is 51.5 Å². The molecule has 0 rings (SSSR count). The monoisotopic (exact) mass is 463 g/mol. The van der Waals surface area contributed by atoms with E-state index in [-0.39, 0.29) is 6.47 Å². The Morgan fingerprint density at radius 2 is 1.75 bits per heavy atom. The fourth-order valence-corrected chi connectivity index (χ4v) is 1.68. The van der Waals surface area contributed by atoms with Crippen LogP contribution in [0.4, 0.5) is 4.79 Å². The van der Waals surface area contributed by atoms with E-state index in [4.69, 9.17) is 25.8 Å². The summed E-state index contributed by atoms with van der Waals surface area (Å²) in [7, 11) is 0. The Morgan fingerprint density at radius 3 is 2.04 bits per heavy atom. The zero-order valence-corrected chi connectivity index (χ0v) is 15.7. The number of unbranched alkanes of at least 4 members (excludes halogenated alkanes) is 2. The number of carbonyl (C=O) groups excluding carboxylic acids is 1. The molecule has 0 fully saturated rings. The fraction of sp³-hybridized carbons (Fsp3) is 0.692. The first-order valence-electron chi connectivity index (χ1n) is 7.18. The van der Waals surface area contributed by atoms with E-state index >= 15 is 0 Å². The number of carbonyl (C=O) groups is 4. The maximum absolute atomic E-state index is 10.6. The number of hydrogen-bond acceptors (Lipinski definition) is 5. The Balaban J connectivity index is -0.000000367. The number of nitrogens with one attached hydrogen (secondary N) is 2. The zero-order valence-electron chi connectivity index (χ0n) is 13.5. The van der Waals surface area contributed by atoms with Crippen molar-refractivity contribution in [3.8, 4) is 0 Å². The minimum absolute atomic E-state index is 0.250. The van der Waals surface area contributed by atoms with Gasteiger partial charge in [-0.3, -0.25) is 13.1 Å². The second-order valence-electron chi connectivity index (χ2n) is 4.38. The molecule has 0 aliphatic rings. The predicted molar refractivity (Wildman–Crippen MR) is 95.9 cm³/mol. The van der Waals surface area contributed by atoms with E-state index in [9.17, 15) is 14.4 Å². The predicted octanol–water partition coefficient (Wildman–Crippen LogP) is 1.18. The summed E-state index contributed by atoms with van der Waals surface area (Å²) in [5, 5.41) is 25.8. The van der Waals surface area contributed by atoms with Gasteiger partial charge in [0.1, 0.15) is 6.04 Å². The lowest BCUT2D eigenvalue weighted by Gasteiger charge is -2.11. The van der Waals surface area contributed by atoms with Crippen molar-refractivity contribution in [2.24, 2.45) is 5.73 Å². The molecule has 0 bridgehead atoms. The number of hydrogen-bond donors (Lipinski definition) is 6. The average molecular weight is 463 g/mol. The molecular formula is C13H26IN3O7. The molecule has 0 aromatic heterocycles. The van der Waals surface area contributed by atoms with Crippen LogP contribution in [0.15, 0.2) is 0 Å². The molecule has 1 atom stereocenters. The van der Waals surface area contributed by atoms with Gasteiger partial charge in [0.2, 0.25) is 0 Å². The summed E-state index contributed by atoms with van der Waals surface area (Å²) in [6, 6.07) is -1.67. The summed E-state index contributed by atoms with van der Waals surface area (Å²) in [5.41, 5.74) is 4.83. The molecule has 0 spiro atoms. The third-order valence-electron chi connectivity index (χ3n) is 2.37. The molecule has 1 unspecified atom stereocenters. The first kappa shape index (κ1) is 27.2. The van der Waals surface area contributed by atoms with Gasteiger partial charge in [0, 0.05) is 35.8 Å². The summed E-state index contributed by atoms with van der Waals surface area (Å²) in [4.78, 5) is 39.2. The number of urea groups is 1. The number of halogens is 1. The van der Waals surface area contributed by atoms with E-state index in [1.165, 1.54) is 0 Å². The van der Waals surface area contributed by atoms with Gasteiger partial charge in [0.15, 0.2) is 0 Å². The molecule has 0 radical (unpaired) electrons. The van der Waals surface area contributed by atoms with E-state index in [0.29, 0.717) is 12.8 Å². The molecule has 10 nitrogen and oxygen atoms in total. The highest BCUT2D eigenvalue weighted by molar-refractivity contribution is 14.1. The number of aliphatic carboxylic acids is 2. The summed E-state index contributed by atoms with van der Waals surface area (Å²) < 4.78 is 2.92. The smallest absolute Gasteiger partial charge is 0.326 e. The second kappa shape index (κ2) is 21.4. The van der Waals surface area contributed by atoms with Crippen molar-refractivity contribution in [3.05, 3.63) is 0 Å². The number of primary amides is 1. The molecule has 0 heterocycles. The number of nitrogens with two attached hydrogens (primary N) is 1. The molecular weight excluding hydrogens is 437 g/mol. The van der Waals surface area contributed by atoms with Gasteiger partial charge in [-0.05, 0) is 25.7 Å². The van der Waals surface area contributed by atoms with Crippen LogP contribution in [-0.4, -0.2) is 52.3 Å². The van der Waals surface area contributed by atoms with Gasteiger partial charge in [-0.25, -0.2) is 9.59 Å². The molecule has 0 aliphatic heterocycles. The van der Waals surface area contributed by atoms with E-state index in [0.717, 1.165) is 32.2 Å². The van der Waals surface area contributed by atoms with Crippen LogP contribution in [0.1, 0.15) is 45.4 Å². The topological polar surface area (TPSA) is 179 Å². The molecule has 0 aliphatic carbocycles. The summed E-state index contributed by atoms with van der Waals surface area (Å²) in [6.07, 6.45) is 4.08. The normalized spacial score (nSPS) is 10.1. The first-order valence-corrected chi connectivity index (χ1v) is 8.26. The van der Waals surface area contributed by atoms with Crippen LogP contribution in [0.2, 0.25) is 0 Å². The average Bonchev–Trinajstić information content (AvgIpc) is 2.49. The van der Waals surface area contributed by atoms with Gasteiger partial charge in [-0.15, -0.1) is 0 Å². The van der Waals surface area contributed by atoms with Gasteiger partial charge in [0.05, 0.1) is 0 Å². The van der Waals surface area contributed by atoms with Crippen molar-refractivity contribution in [1.82, 2.24) is 8.85 Å². The third kappa shape index (κ3) is 28.5. The molecule has 7 N–H and O–H groups in total. The fourth-order valence-electron chi connectivity index (χ4n) is 1.30. The quantitative estimate of drug-likeness (QED) is 0.121. The van der Waals surface area contributed by atoms with Crippen LogP contribution in [0.25, 0.3) is 0 Å². The lowest BCUT2D eigenvalue weighted by atomic mass is 10.1. The largest absolute Gasteiger partial charge is 0.483 e. The van der Waals surface area contributed by atoms with Crippen LogP contribution in [0.5, 0.6) is 0 Å². The number of amides is 2. The molecule has 24 heavy (non-hydrogen) atoms. The van der Waals surface area contributed by atoms with Crippen LogP contribution >= 0.6 is 22.9 Å². The van der Waals surface area contributed by atoms with Crippen molar-refractivity contribution in [2.75, 3.05) is 6.54 Å². The third-order valence-corrected chi connectivity index (χ3v) is 2.91. The van der Waals surface area contributed by atoms with E-state index in [2.05, 4.69) is 8.85 Å². The molecule has 2 amide bonds. The Kier molecular flexibility index (Phi) is 24.2. The Bertz CT molecular complexity index is 356. The standard InChI is InChI=1S/C7H14IN3O3.C5H10O2.CH2O2/c8-10-4-2-1-3-5(6(12)13)11-7(9)14;1-2-3-4-5(6)7;2-1-3/h5,10H,1-4H2,(H,12,13)(H3,9,11,14);2-4H2,1H3,(H,6,7);1H,(H,2,3). The molecule has 0 saturated carbocycles. The van der Waals surface area contributed by atoms with Crippen LogP contribution in [0.3, 0.4) is 0 Å². The van der Waals surface area contributed by atoms with Gasteiger partial charge < -0.3 is 26.4 Å². The molecule has 0 aromatic rings. The Hall–Kier alpha value is -1.63.